The smallest absolute Gasteiger partial charge is 0.339 e. The molecule has 2 aromatic rings. The number of ether oxygens (including phenoxy) is 1. The maximum atomic E-state index is 12.6. The second kappa shape index (κ2) is 6.92. The van der Waals surface area contributed by atoms with Gasteiger partial charge >= 0.3 is 10.1 Å². The molecule has 0 unspecified atom stereocenters. The summed E-state index contributed by atoms with van der Waals surface area (Å²) in [5, 5.41) is 2.54. The highest BCUT2D eigenvalue weighted by Gasteiger charge is 2.23. The monoisotopic (exact) mass is 349 g/mol. The summed E-state index contributed by atoms with van der Waals surface area (Å²) in [6, 6.07) is 9.37. The van der Waals surface area contributed by atoms with Crippen molar-refractivity contribution in [2.45, 2.75) is 25.7 Å². The average Bonchev–Trinajstić information content (AvgIpc) is 2.51. The van der Waals surface area contributed by atoms with Crippen LogP contribution < -0.4 is 14.2 Å². The lowest BCUT2D eigenvalue weighted by Crippen LogP contribution is -2.14. The Morgan fingerprint density at radius 1 is 1.00 bits per heavy atom. The van der Waals surface area contributed by atoms with Crippen molar-refractivity contribution in [2.24, 2.45) is 0 Å². The molecule has 2 rings (SSSR count). The van der Waals surface area contributed by atoms with E-state index in [1.807, 2.05) is 0 Å². The number of hydrogen-bond donors (Lipinski definition) is 1. The van der Waals surface area contributed by atoms with Crippen LogP contribution in [0.5, 0.6) is 11.5 Å². The average molecular weight is 349 g/mol. The number of para-hydroxylation sites is 2. The molecule has 0 heterocycles. The minimum Gasteiger partial charge on any atom is -0.496 e. The van der Waals surface area contributed by atoms with E-state index in [0.717, 1.165) is 5.56 Å². The molecule has 128 valence electrons. The molecular formula is C17H19NO5S. The summed E-state index contributed by atoms with van der Waals surface area (Å²) < 4.78 is 35.7. The summed E-state index contributed by atoms with van der Waals surface area (Å²) in [6.07, 6.45) is 0. The number of carbonyl (C=O) groups is 1. The fourth-order valence-electron chi connectivity index (χ4n) is 2.26. The van der Waals surface area contributed by atoms with E-state index in [1.54, 1.807) is 38.1 Å². The fraction of sp³-hybridized carbons (Fsp3) is 0.235. The van der Waals surface area contributed by atoms with Crippen LogP contribution in [0.3, 0.4) is 0 Å². The Bertz CT molecular complexity index is 875. The largest absolute Gasteiger partial charge is 0.496 e. The molecule has 0 aliphatic rings. The zero-order chi connectivity index (χ0) is 17.9. The molecule has 2 aromatic carbocycles. The third-order valence-corrected chi connectivity index (χ3v) is 4.95. The van der Waals surface area contributed by atoms with Gasteiger partial charge in [0.25, 0.3) is 0 Å². The SMILES string of the molecule is COc1ccc(S(=O)(=O)Oc2ccccc2NC(C)=O)c(C)c1C. The highest BCUT2D eigenvalue weighted by Crippen LogP contribution is 2.31. The topological polar surface area (TPSA) is 81.7 Å². The van der Waals surface area contributed by atoms with Crippen molar-refractivity contribution >= 4 is 21.7 Å². The lowest BCUT2D eigenvalue weighted by Gasteiger charge is -2.15. The van der Waals surface area contributed by atoms with Crippen molar-refractivity contribution in [3.05, 3.63) is 47.5 Å². The number of hydrogen-bond acceptors (Lipinski definition) is 5. The summed E-state index contributed by atoms with van der Waals surface area (Å²) in [4.78, 5) is 11.3. The summed E-state index contributed by atoms with van der Waals surface area (Å²) in [5.41, 5.74) is 1.56. The Hall–Kier alpha value is -2.54. The van der Waals surface area contributed by atoms with Gasteiger partial charge in [-0.2, -0.15) is 8.42 Å². The minimum absolute atomic E-state index is 0.0541. The quantitative estimate of drug-likeness (QED) is 0.839. The van der Waals surface area contributed by atoms with Gasteiger partial charge in [0.05, 0.1) is 12.8 Å². The Morgan fingerprint density at radius 2 is 1.67 bits per heavy atom. The van der Waals surface area contributed by atoms with Gasteiger partial charge in [0.1, 0.15) is 10.6 Å². The van der Waals surface area contributed by atoms with Crippen LogP contribution in [0.4, 0.5) is 5.69 Å². The second-order valence-corrected chi connectivity index (χ2v) is 6.75. The van der Waals surface area contributed by atoms with Gasteiger partial charge in [-0.25, -0.2) is 0 Å². The van der Waals surface area contributed by atoms with Crippen LogP contribution in [0.15, 0.2) is 41.3 Å². The van der Waals surface area contributed by atoms with Crippen molar-refractivity contribution in [3.63, 3.8) is 0 Å². The summed E-state index contributed by atoms with van der Waals surface area (Å²) in [7, 11) is -2.53. The van der Waals surface area contributed by atoms with Crippen LogP contribution in [0, 0.1) is 13.8 Å². The van der Waals surface area contributed by atoms with Gasteiger partial charge in [0, 0.05) is 6.92 Å². The van der Waals surface area contributed by atoms with Crippen LogP contribution in [0.1, 0.15) is 18.1 Å². The van der Waals surface area contributed by atoms with E-state index in [-0.39, 0.29) is 22.2 Å². The molecule has 0 aliphatic heterocycles. The first kappa shape index (κ1) is 17.8. The summed E-state index contributed by atoms with van der Waals surface area (Å²) in [6.45, 7) is 4.80. The predicted molar refractivity (Wildman–Crippen MR) is 91.0 cm³/mol. The molecule has 6 nitrogen and oxygen atoms in total. The summed E-state index contributed by atoms with van der Waals surface area (Å²) >= 11 is 0. The first-order chi connectivity index (χ1) is 11.3. The molecule has 0 aromatic heterocycles. The number of rotatable bonds is 5. The van der Waals surface area contributed by atoms with Gasteiger partial charge in [-0.05, 0) is 49.2 Å². The van der Waals surface area contributed by atoms with Crippen LogP contribution in [0.25, 0.3) is 0 Å². The number of benzene rings is 2. The van der Waals surface area contributed by atoms with Crippen molar-refractivity contribution in [1.29, 1.82) is 0 Å². The Labute approximate surface area is 141 Å². The minimum atomic E-state index is -4.06. The number of carbonyl (C=O) groups excluding carboxylic acids is 1. The van der Waals surface area contributed by atoms with E-state index >= 15 is 0 Å². The number of anilines is 1. The third kappa shape index (κ3) is 3.68. The predicted octanol–water partition coefficient (Wildman–Crippen LogP) is 3.04. The molecule has 0 fully saturated rings. The van der Waals surface area contributed by atoms with E-state index in [4.69, 9.17) is 8.92 Å². The van der Waals surface area contributed by atoms with Crippen LogP contribution in [-0.4, -0.2) is 21.4 Å². The fourth-order valence-corrected chi connectivity index (χ4v) is 3.49. The molecule has 0 bridgehead atoms. The van der Waals surface area contributed by atoms with Crippen LogP contribution in [-0.2, 0) is 14.9 Å². The molecule has 0 spiro atoms. The maximum Gasteiger partial charge on any atom is 0.339 e. The van der Waals surface area contributed by atoms with Crippen molar-refractivity contribution in [2.75, 3.05) is 12.4 Å². The zero-order valence-corrected chi connectivity index (χ0v) is 14.7. The second-order valence-electron chi connectivity index (χ2n) is 5.23. The first-order valence-corrected chi connectivity index (χ1v) is 8.62. The lowest BCUT2D eigenvalue weighted by atomic mass is 10.1. The van der Waals surface area contributed by atoms with E-state index in [0.29, 0.717) is 11.3 Å². The van der Waals surface area contributed by atoms with Gasteiger partial charge in [-0.15, -0.1) is 0 Å². The van der Waals surface area contributed by atoms with Crippen LogP contribution >= 0.6 is 0 Å². The van der Waals surface area contributed by atoms with E-state index in [2.05, 4.69) is 5.32 Å². The lowest BCUT2D eigenvalue weighted by molar-refractivity contribution is -0.114. The normalized spacial score (nSPS) is 11.0. The Morgan fingerprint density at radius 3 is 2.29 bits per heavy atom. The maximum absolute atomic E-state index is 12.6. The Kier molecular flexibility index (Phi) is 5.14. The van der Waals surface area contributed by atoms with Gasteiger partial charge in [-0.3, -0.25) is 4.79 Å². The molecular weight excluding hydrogens is 330 g/mol. The van der Waals surface area contributed by atoms with E-state index in [9.17, 15) is 13.2 Å². The molecule has 7 heteroatoms. The first-order valence-electron chi connectivity index (χ1n) is 7.21. The molecule has 1 amide bonds. The zero-order valence-electron chi connectivity index (χ0n) is 13.9. The molecule has 24 heavy (non-hydrogen) atoms. The van der Waals surface area contributed by atoms with Crippen molar-refractivity contribution in [1.82, 2.24) is 0 Å². The van der Waals surface area contributed by atoms with Gasteiger partial charge in [-0.1, -0.05) is 12.1 Å². The highest BCUT2D eigenvalue weighted by atomic mass is 32.2. The Balaban J connectivity index is 2.44. The van der Waals surface area contributed by atoms with Gasteiger partial charge in [0.2, 0.25) is 5.91 Å². The van der Waals surface area contributed by atoms with Gasteiger partial charge < -0.3 is 14.2 Å². The van der Waals surface area contributed by atoms with Crippen molar-refractivity contribution in [3.8, 4) is 11.5 Å². The molecule has 0 radical (unpaired) electrons. The molecule has 1 N–H and O–H groups in total. The number of amides is 1. The van der Waals surface area contributed by atoms with Crippen LogP contribution in [0.2, 0.25) is 0 Å². The number of methoxy groups -OCH3 is 1. The molecule has 0 atom stereocenters. The highest BCUT2D eigenvalue weighted by molar-refractivity contribution is 7.87. The molecule has 0 saturated heterocycles. The van der Waals surface area contributed by atoms with Crippen molar-refractivity contribution < 1.29 is 22.1 Å². The molecule has 0 aliphatic carbocycles. The third-order valence-electron chi connectivity index (χ3n) is 3.57. The summed E-state index contributed by atoms with van der Waals surface area (Å²) in [5.74, 6) is 0.339. The van der Waals surface area contributed by atoms with Gasteiger partial charge in [0.15, 0.2) is 5.75 Å². The molecule has 0 saturated carbocycles. The van der Waals surface area contributed by atoms with E-state index < -0.39 is 10.1 Å². The van der Waals surface area contributed by atoms with E-state index in [1.165, 1.54) is 26.2 Å². The standard InChI is InChI=1S/C17H19NO5S/c1-11-12(2)17(10-9-15(11)22-4)24(20,21)23-16-8-6-5-7-14(16)18-13(3)19/h5-10H,1-4H3,(H,18,19). The number of nitrogens with one attached hydrogen (secondary N) is 1.